The van der Waals surface area contributed by atoms with E-state index in [1.165, 1.54) is 6.92 Å². The average Bonchev–Trinajstić information content (AvgIpc) is 2.03. The molecular formula is C7H10ClN3O. The molecule has 1 heterocycles. The zero-order valence-corrected chi connectivity index (χ0v) is 7.47. The van der Waals surface area contributed by atoms with Crippen LogP contribution < -0.4 is 5.32 Å². The Morgan fingerprint density at radius 1 is 1.58 bits per heavy atom. The van der Waals surface area contributed by atoms with Crippen molar-refractivity contribution in [2.24, 2.45) is 0 Å². The highest BCUT2D eigenvalue weighted by atomic mass is 35.5. The summed E-state index contributed by atoms with van der Waals surface area (Å²) >= 11 is 0. The lowest BCUT2D eigenvalue weighted by molar-refractivity contribution is -0.119. The largest absolute Gasteiger partial charge is 0.351 e. The third-order valence-electron chi connectivity index (χ3n) is 1.14. The summed E-state index contributed by atoms with van der Waals surface area (Å²) in [6, 6.07) is 0. The monoisotopic (exact) mass is 187 g/mol. The lowest BCUT2D eigenvalue weighted by Crippen LogP contribution is -2.19. The Morgan fingerprint density at radius 2 is 2.33 bits per heavy atom. The fourth-order valence-electron chi connectivity index (χ4n) is 0.636. The van der Waals surface area contributed by atoms with Crippen molar-refractivity contribution in [1.82, 2.24) is 15.3 Å². The zero-order valence-electron chi connectivity index (χ0n) is 6.65. The van der Waals surface area contributed by atoms with Crippen LogP contribution in [0.4, 0.5) is 0 Å². The number of hydrogen-bond donors (Lipinski definition) is 1. The zero-order chi connectivity index (χ0) is 8.10. The van der Waals surface area contributed by atoms with Crippen LogP contribution in [0.25, 0.3) is 0 Å². The fraction of sp³-hybridized carbons (Fsp3) is 0.286. The number of carbonyl (C=O) groups is 1. The Hall–Kier alpha value is -1.16. The first-order chi connectivity index (χ1) is 5.29. The maximum absolute atomic E-state index is 10.5. The second-order valence-electron chi connectivity index (χ2n) is 2.11. The Bertz CT molecular complexity index is 240. The van der Waals surface area contributed by atoms with Gasteiger partial charge in [0.1, 0.15) is 0 Å². The van der Waals surface area contributed by atoms with Crippen molar-refractivity contribution >= 4 is 18.3 Å². The summed E-state index contributed by atoms with van der Waals surface area (Å²) < 4.78 is 0. The van der Waals surface area contributed by atoms with E-state index in [2.05, 4.69) is 15.3 Å². The highest BCUT2D eigenvalue weighted by Gasteiger charge is 1.93. The molecule has 12 heavy (non-hydrogen) atoms. The van der Waals surface area contributed by atoms with Crippen LogP contribution in [-0.2, 0) is 11.3 Å². The number of amides is 1. The normalized spacial score (nSPS) is 8.42. The second-order valence-corrected chi connectivity index (χ2v) is 2.11. The molecule has 0 atom stereocenters. The van der Waals surface area contributed by atoms with E-state index in [1.807, 2.05) is 0 Å². The number of rotatable bonds is 2. The molecule has 5 heteroatoms. The average molecular weight is 188 g/mol. The van der Waals surface area contributed by atoms with Gasteiger partial charge < -0.3 is 5.32 Å². The van der Waals surface area contributed by atoms with Crippen molar-refractivity contribution in [3.05, 3.63) is 24.3 Å². The molecule has 1 aromatic rings. The van der Waals surface area contributed by atoms with Crippen LogP contribution in [-0.4, -0.2) is 15.9 Å². The summed E-state index contributed by atoms with van der Waals surface area (Å²) in [5.41, 5.74) is 0.766. The van der Waals surface area contributed by atoms with E-state index >= 15 is 0 Å². The highest BCUT2D eigenvalue weighted by Crippen LogP contribution is 1.87. The molecule has 0 aliphatic heterocycles. The van der Waals surface area contributed by atoms with Crippen molar-refractivity contribution < 1.29 is 4.79 Å². The minimum atomic E-state index is -0.0596. The van der Waals surface area contributed by atoms with E-state index in [-0.39, 0.29) is 18.3 Å². The molecule has 0 saturated heterocycles. The molecule has 1 aromatic heterocycles. The SMILES string of the molecule is CC(=O)NCc1cnccn1.Cl. The van der Waals surface area contributed by atoms with Crippen LogP contribution in [0.2, 0.25) is 0 Å². The Morgan fingerprint density at radius 3 is 2.83 bits per heavy atom. The van der Waals surface area contributed by atoms with Gasteiger partial charge in [0.15, 0.2) is 0 Å². The molecule has 4 nitrogen and oxygen atoms in total. The standard InChI is InChI=1S/C7H9N3O.ClH/c1-6(11)10-5-7-4-8-2-3-9-7;/h2-4H,5H2,1H3,(H,10,11);1H. The lowest BCUT2D eigenvalue weighted by atomic mass is 10.4. The molecule has 0 aliphatic rings. The number of nitrogens with one attached hydrogen (secondary N) is 1. The van der Waals surface area contributed by atoms with Gasteiger partial charge in [0.25, 0.3) is 0 Å². The van der Waals surface area contributed by atoms with Crippen LogP contribution in [0.3, 0.4) is 0 Å². The number of aromatic nitrogens is 2. The van der Waals surface area contributed by atoms with Crippen LogP contribution >= 0.6 is 12.4 Å². The van der Waals surface area contributed by atoms with Gasteiger partial charge in [-0.25, -0.2) is 0 Å². The topological polar surface area (TPSA) is 54.9 Å². The fourth-order valence-corrected chi connectivity index (χ4v) is 0.636. The van der Waals surface area contributed by atoms with Crippen molar-refractivity contribution in [1.29, 1.82) is 0 Å². The molecule has 0 aromatic carbocycles. The van der Waals surface area contributed by atoms with Crippen LogP contribution in [0.15, 0.2) is 18.6 Å². The molecule has 66 valence electrons. The first-order valence-corrected chi connectivity index (χ1v) is 3.28. The second kappa shape index (κ2) is 5.49. The maximum atomic E-state index is 10.5. The van der Waals surface area contributed by atoms with Gasteiger partial charge >= 0.3 is 0 Å². The maximum Gasteiger partial charge on any atom is 0.217 e. The summed E-state index contributed by atoms with van der Waals surface area (Å²) in [7, 11) is 0. The van der Waals surface area contributed by atoms with Crippen molar-refractivity contribution in [2.45, 2.75) is 13.5 Å². The number of halogens is 1. The molecule has 1 amide bonds. The van der Waals surface area contributed by atoms with Crippen molar-refractivity contribution in [2.75, 3.05) is 0 Å². The van der Waals surface area contributed by atoms with E-state index in [1.54, 1.807) is 18.6 Å². The minimum Gasteiger partial charge on any atom is -0.351 e. The summed E-state index contributed by atoms with van der Waals surface area (Å²) in [6.07, 6.45) is 4.81. The molecule has 0 aliphatic carbocycles. The molecule has 1 N–H and O–H groups in total. The summed E-state index contributed by atoms with van der Waals surface area (Å²) in [4.78, 5) is 18.3. The van der Waals surface area contributed by atoms with E-state index in [4.69, 9.17) is 0 Å². The predicted molar refractivity (Wildman–Crippen MR) is 46.8 cm³/mol. The predicted octanol–water partition coefficient (Wildman–Crippen LogP) is 0.534. The van der Waals surface area contributed by atoms with Gasteiger partial charge in [-0.3, -0.25) is 14.8 Å². The van der Waals surface area contributed by atoms with E-state index in [0.717, 1.165) is 5.69 Å². The molecule has 0 spiro atoms. The Balaban J connectivity index is 0.00000121. The quantitative estimate of drug-likeness (QED) is 0.735. The van der Waals surface area contributed by atoms with E-state index in [9.17, 15) is 4.79 Å². The van der Waals surface area contributed by atoms with Gasteiger partial charge in [0.2, 0.25) is 5.91 Å². The van der Waals surface area contributed by atoms with Crippen LogP contribution in [0.1, 0.15) is 12.6 Å². The number of nitrogens with zero attached hydrogens (tertiary/aromatic N) is 2. The molecule has 0 unspecified atom stereocenters. The van der Waals surface area contributed by atoms with E-state index < -0.39 is 0 Å². The molecule has 0 saturated carbocycles. The van der Waals surface area contributed by atoms with Gasteiger partial charge in [-0.15, -0.1) is 12.4 Å². The van der Waals surface area contributed by atoms with E-state index in [0.29, 0.717) is 6.54 Å². The van der Waals surface area contributed by atoms with Crippen molar-refractivity contribution in [3.63, 3.8) is 0 Å². The minimum absolute atomic E-state index is 0. The molecule has 0 fully saturated rings. The number of hydrogen-bond acceptors (Lipinski definition) is 3. The smallest absolute Gasteiger partial charge is 0.217 e. The van der Waals surface area contributed by atoms with Gasteiger partial charge in [0.05, 0.1) is 18.4 Å². The molecule has 0 bridgehead atoms. The Kier molecular flexibility index (Phi) is 4.96. The van der Waals surface area contributed by atoms with Crippen LogP contribution in [0.5, 0.6) is 0 Å². The van der Waals surface area contributed by atoms with Crippen LogP contribution in [0, 0.1) is 0 Å². The third kappa shape index (κ3) is 3.88. The van der Waals surface area contributed by atoms with Gasteiger partial charge in [-0.2, -0.15) is 0 Å². The number of carbonyl (C=O) groups excluding carboxylic acids is 1. The summed E-state index contributed by atoms with van der Waals surface area (Å²) in [5, 5.41) is 2.62. The van der Waals surface area contributed by atoms with Crippen molar-refractivity contribution in [3.8, 4) is 0 Å². The summed E-state index contributed by atoms with van der Waals surface area (Å²) in [6.45, 7) is 1.92. The Labute approximate surface area is 76.8 Å². The third-order valence-corrected chi connectivity index (χ3v) is 1.14. The molecular weight excluding hydrogens is 178 g/mol. The molecule has 0 radical (unpaired) electrons. The van der Waals surface area contributed by atoms with Gasteiger partial charge in [0, 0.05) is 19.3 Å². The first kappa shape index (κ1) is 10.8. The molecule has 1 rings (SSSR count). The lowest BCUT2D eigenvalue weighted by Gasteiger charge is -1.98. The highest BCUT2D eigenvalue weighted by molar-refractivity contribution is 5.85. The first-order valence-electron chi connectivity index (χ1n) is 3.28. The van der Waals surface area contributed by atoms with Gasteiger partial charge in [-0.1, -0.05) is 0 Å². The van der Waals surface area contributed by atoms with Gasteiger partial charge in [-0.05, 0) is 0 Å². The summed E-state index contributed by atoms with van der Waals surface area (Å²) in [5.74, 6) is -0.0596.